The zero-order valence-electron chi connectivity index (χ0n) is 31.7. The van der Waals surface area contributed by atoms with Crippen LogP contribution in [0.5, 0.6) is 0 Å². The topological polar surface area (TPSA) is 43.0 Å². The molecule has 4 aromatic rings. The number of halogens is 3. The summed E-state index contributed by atoms with van der Waals surface area (Å²) in [7, 11) is 0. The molecule has 0 spiro atoms. The van der Waals surface area contributed by atoms with E-state index in [1.807, 2.05) is 37.3 Å². The van der Waals surface area contributed by atoms with Crippen LogP contribution >= 0.6 is 0 Å². The Morgan fingerprint density at radius 2 is 1.38 bits per heavy atom. The maximum absolute atomic E-state index is 15.4. The minimum Gasteiger partial charge on any atom is -0.370 e. The van der Waals surface area contributed by atoms with Gasteiger partial charge in [-0.05, 0) is 72.1 Å². The fourth-order valence-corrected chi connectivity index (χ4v) is 6.90. The lowest BCUT2D eigenvalue weighted by Gasteiger charge is -2.45. The molecular formula is C45H57F3N2O3. The lowest BCUT2D eigenvalue weighted by Crippen LogP contribution is -2.63. The number of alkyl halides is 2. The Morgan fingerprint density at radius 1 is 0.811 bits per heavy atom. The van der Waals surface area contributed by atoms with Gasteiger partial charge in [0.2, 0.25) is 0 Å². The molecule has 0 radical (unpaired) electrons. The third-order valence-electron chi connectivity index (χ3n) is 10.0. The van der Waals surface area contributed by atoms with Crippen molar-refractivity contribution < 1.29 is 27.4 Å². The van der Waals surface area contributed by atoms with Gasteiger partial charge in [0.1, 0.15) is 5.82 Å². The van der Waals surface area contributed by atoms with E-state index in [1.165, 1.54) is 6.92 Å². The second-order valence-electron chi connectivity index (χ2n) is 15.5. The number of benzene rings is 4. The van der Waals surface area contributed by atoms with Crippen LogP contribution in [0.15, 0.2) is 109 Å². The van der Waals surface area contributed by atoms with Crippen LogP contribution in [0.25, 0.3) is 0 Å². The van der Waals surface area contributed by atoms with Gasteiger partial charge in [0.05, 0.1) is 51.4 Å². The predicted octanol–water partition coefficient (Wildman–Crippen LogP) is 9.28. The zero-order chi connectivity index (χ0) is 37.6. The molecule has 286 valence electrons. The molecule has 0 aromatic heterocycles. The molecule has 0 saturated carbocycles. The van der Waals surface area contributed by atoms with E-state index in [9.17, 15) is 8.78 Å². The smallest absolute Gasteiger partial charge is 0.172 e. The Labute approximate surface area is 314 Å². The Morgan fingerprint density at radius 3 is 1.92 bits per heavy atom. The van der Waals surface area contributed by atoms with Crippen molar-refractivity contribution in [2.45, 2.75) is 97.2 Å². The van der Waals surface area contributed by atoms with Crippen LogP contribution in [0.2, 0.25) is 0 Å². The van der Waals surface area contributed by atoms with E-state index in [0.29, 0.717) is 32.0 Å². The normalized spacial score (nSPS) is 19.1. The number of aryl methyl sites for hydroxylation is 1. The molecule has 4 aromatic carbocycles. The zero-order valence-corrected chi connectivity index (χ0v) is 31.7. The number of nitrogens with zero attached hydrogens (tertiary/aromatic N) is 1. The van der Waals surface area contributed by atoms with E-state index < -0.39 is 31.2 Å². The quantitative estimate of drug-likeness (QED) is 0.0983. The highest BCUT2D eigenvalue weighted by atomic mass is 19.1. The van der Waals surface area contributed by atoms with E-state index in [2.05, 4.69) is 90.8 Å². The molecule has 0 aliphatic carbocycles. The SMILES string of the molecule is CC(C)CCc1cc(F)cc(C[C@@H]([C@@H](OCc2ccccc2)[C@H]2CO[C@@H](OCC(C)(CF)CF)[C@H](C)N2)N(Cc2ccccc2)Cc2ccccc2)c1. The molecule has 53 heavy (non-hydrogen) atoms. The minimum atomic E-state index is -1.22. The summed E-state index contributed by atoms with van der Waals surface area (Å²) in [6, 6.07) is 35.5. The summed E-state index contributed by atoms with van der Waals surface area (Å²) in [5.74, 6) is 0.271. The van der Waals surface area contributed by atoms with Crippen molar-refractivity contribution in [3.05, 3.63) is 143 Å². The Kier molecular flexibility index (Phi) is 15.5. The number of hydrogen-bond donors (Lipinski definition) is 1. The minimum absolute atomic E-state index is 0.0987. The first-order chi connectivity index (χ1) is 25.6. The first kappa shape index (κ1) is 40.7. The first-order valence-electron chi connectivity index (χ1n) is 19.0. The van der Waals surface area contributed by atoms with Crippen LogP contribution in [0.1, 0.15) is 61.9 Å². The van der Waals surface area contributed by atoms with E-state index in [-0.39, 0.29) is 37.2 Å². The van der Waals surface area contributed by atoms with Crippen molar-refractivity contribution in [1.29, 1.82) is 0 Å². The van der Waals surface area contributed by atoms with Gasteiger partial charge < -0.3 is 19.5 Å². The fraction of sp³-hybridized carbons (Fsp3) is 0.467. The Hall–Kier alpha value is -3.53. The molecule has 0 unspecified atom stereocenters. The second kappa shape index (κ2) is 20.2. The van der Waals surface area contributed by atoms with Crippen LogP contribution in [0.3, 0.4) is 0 Å². The molecule has 1 saturated heterocycles. The van der Waals surface area contributed by atoms with Gasteiger partial charge in [-0.3, -0.25) is 13.7 Å². The summed E-state index contributed by atoms with van der Waals surface area (Å²) in [4.78, 5) is 2.45. The molecule has 1 aliphatic heterocycles. The largest absolute Gasteiger partial charge is 0.370 e. The van der Waals surface area contributed by atoms with Crippen LogP contribution in [0.4, 0.5) is 13.2 Å². The molecule has 8 heteroatoms. The Balaban J connectivity index is 1.53. The number of morpholine rings is 1. The van der Waals surface area contributed by atoms with E-state index in [1.54, 1.807) is 12.1 Å². The summed E-state index contributed by atoms with van der Waals surface area (Å²) >= 11 is 0. The highest BCUT2D eigenvalue weighted by Gasteiger charge is 2.40. The predicted molar refractivity (Wildman–Crippen MR) is 206 cm³/mol. The summed E-state index contributed by atoms with van der Waals surface area (Å²) in [6.07, 6.45) is 1.20. The molecule has 5 nitrogen and oxygen atoms in total. The van der Waals surface area contributed by atoms with E-state index in [0.717, 1.165) is 40.7 Å². The van der Waals surface area contributed by atoms with Crippen LogP contribution in [-0.4, -0.2) is 62.0 Å². The van der Waals surface area contributed by atoms with Gasteiger partial charge in [0, 0.05) is 24.5 Å². The van der Waals surface area contributed by atoms with Crippen LogP contribution in [-0.2, 0) is 46.7 Å². The maximum atomic E-state index is 15.4. The lowest BCUT2D eigenvalue weighted by molar-refractivity contribution is -0.210. The van der Waals surface area contributed by atoms with Gasteiger partial charge in [-0.1, -0.05) is 118 Å². The average Bonchev–Trinajstić information content (AvgIpc) is 3.17. The molecule has 0 amide bonds. The summed E-state index contributed by atoms with van der Waals surface area (Å²) < 4.78 is 62.0. The van der Waals surface area contributed by atoms with E-state index >= 15 is 4.39 Å². The molecule has 1 N–H and O–H groups in total. The summed E-state index contributed by atoms with van der Waals surface area (Å²) in [5.41, 5.74) is 4.04. The molecule has 5 rings (SSSR count). The van der Waals surface area contributed by atoms with Crippen molar-refractivity contribution in [3.8, 4) is 0 Å². The molecule has 1 fully saturated rings. The second-order valence-corrected chi connectivity index (χ2v) is 15.5. The maximum Gasteiger partial charge on any atom is 0.172 e. The van der Waals surface area contributed by atoms with Crippen molar-refractivity contribution >= 4 is 0 Å². The van der Waals surface area contributed by atoms with Crippen LogP contribution < -0.4 is 5.32 Å². The van der Waals surface area contributed by atoms with E-state index in [4.69, 9.17) is 14.2 Å². The standard InChI is InChI=1S/C45H57F3N2O3/c1-33(2)20-21-38-22-39(24-40(48)23-38)25-42(50(26-35-14-8-5-9-15-35)27-36-16-10-6-11-17-36)43(51-28-37-18-12-7-13-19-37)41-29-52-44(34(3)49-41)53-32-45(4,30-46)31-47/h5-19,22-24,33-34,41-44,49H,20-21,25-32H2,1-4H3/t34-,41+,42-,43-,44-/m0/s1. The molecule has 1 aliphatic rings. The number of nitrogens with one attached hydrogen (secondary N) is 1. The summed E-state index contributed by atoms with van der Waals surface area (Å²) in [5, 5.41) is 3.72. The molecule has 5 atom stereocenters. The van der Waals surface area contributed by atoms with Gasteiger partial charge in [-0.15, -0.1) is 0 Å². The van der Waals surface area contributed by atoms with Gasteiger partial charge >= 0.3 is 0 Å². The lowest BCUT2D eigenvalue weighted by atomic mass is 9.91. The van der Waals surface area contributed by atoms with Gasteiger partial charge in [0.25, 0.3) is 0 Å². The summed E-state index contributed by atoms with van der Waals surface area (Å²) in [6.45, 7) is 8.02. The average molecular weight is 731 g/mol. The third-order valence-corrected chi connectivity index (χ3v) is 10.0. The number of rotatable bonds is 20. The third kappa shape index (κ3) is 12.5. The van der Waals surface area contributed by atoms with Gasteiger partial charge in [-0.2, -0.15) is 0 Å². The monoisotopic (exact) mass is 730 g/mol. The van der Waals surface area contributed by atoms with Crippen molar-refractivity contribution in [1.82, 2.24) is 10.2 Å². The fourth-order valence-electron chi connectivity index (χ4n) is 6.90. The Bertz CT molecular complexity index is 1580. The first-order valence-corrected chi connectivity index (χ1v) is 19.0. The molecule has 0 bridgehead atoms. The van der Waals surface area contributed by atoms with Crippen molar-refractivity contribution in [2.24, 2.45) is 11.3 Å². The number of ether oxygens (including phenoxy) is 3. The molecular weight excluding hydrogens is 673 g/mol. The highest BCUT2D eigenvalue weighted by Crippen LogP contribution is 2.28. The highest BCUT2D eigenvalue weighted by molar-refractivity contribution is 5.27. The van der Waals surface area contributed by atoms with Gasteiger partial charge in [-0.25, -0.2) is 4.39 Å². The van der Waals surface area contributed by atoms with Gasteiger partial charge in [0.15, 0.2) is 6.29 Å². The van der Waals surface area contributed by atoms with Crippen molar-refractivity contribution in [3.63, 3.8) is 0 Å². The van der Waals surface area contributed by atoms with Crippen LogP contribution in [0, 0.1) is 17.2 Å². The number of hydrogen-bond acceptors (Lipinski definition) is 5. The van der Waals surface area contributed by atoms with Crippen molar-refractivity contribution in [2.75, 3.05) is 26.6 Å². The molecule has 1 heterocycles.